The standard InChI is InChI=1S/C18H24N2O4/c1-11-4-6-14(7-5-11)16(19-13(3)21)10-17(22)20-9-8-15(12(20)2)18(23)24/h4-7,12,15-16H,8-10H2,1-3H3,(H,19,21)(H,23,24). The van der Waals surface area contributed by atoms with Crippen LogP contribution in [0.3, 0.4) is 0 Å². The first-order valence-corrected chi connectivity index (χ1v) is 8.15. The van der Waals surface area contributed by atoms with Gasteiger partial charge in [0.15, 0.2) is 0 Å². The van der Waals surface area contributed by atoms with Crippen molar-refractivity contribution in [1.82, 2.24) is 10.2 Å². The molecule has 2 amide bonds. The zero-order valence-electron chi connectivity index (χ0n) is 14.3. The van der Waals surface area contributed by atoms with E-state index in [0.29, 0.717) is 13.0 Å². The van der Waals surface area contributed by atoms with E-state index < -0.39 is 17.9 Å². The zero-order chi connectivity index (χ0) is 17.9. The van der Waals surface area contributed by atoms with Gasteiger partial charge in [-0.05, 0) is 25.8 Å². The van der Waals surface area contributed by atoms with Gasteiger partial charge in [0.1, 0.15) is 0 Å². The molecule has 1 aromatic carbocycles. The quantitative estimate of drug-likeness (QED) is 0.862. The van der Waals surface area contributed by atoms with Gasteiger partial charge in [0.2, 0.25) is 11.8 Å². The van der Waals surface area contributed by atoms with E-state index in [-0.39, 0.29) is 24.3 Å². The number of amides is 2. The number of rotatable bonds is 5. The molecule has 0 aromatic heterocycles. The van der Waals surface area contributed by atoms with Crippen LogP contribution in [0.4, 0.5) is 0 Å². The van der Waals surface area contributed by atoms with Crippen molar-refractivity contribution in [2.45, 2.75) is 45.7 Å². The number of carbonyl (C=O) groups excluding carboxylic acids is 2. The molecule has 6 heteroatoms. The van der Waals surface area contributed by atoms with Crippen molar-refractivity contribution in [3.05, 3.63) is 35.4 Å². The maximum Gasteiger partial charge on any atom is 0.308 e. The Morgan fingerprint density at radius 3 is 2.42 bits per heavy atom. The first-order valence-electron chi connectivity index (χ1n) is 8.15. The molecule has 0 radical (unpaired) electrons. The monoisotopic (exact) mass is 332 g/mol. The van der Waals surface area contributed by atoms with E-state index >= 15 is 0 Å². The first-order chi connectivity index (χ1) is 11.3. The van der Waals surface area contributed by atoms with Crippen molar-refractivity contribution >= 4 is 17.8 Å². The van der Waals surface area contributed by atoms with Crippen LogP contribution in [-0.2, 0) is 14.4 Å². The van der Waals surface area contributed by atoms with Crippen LogP contribution >= 0.6 is 0 Å². The van der Waals surface area contributed by atoms with E-state index in [0.717, 1.165) is 11.1 Å². The Hall–Kier alpha value is -2.37. The number of carboxylic acid groups (broad SMARTS) is 1. The lowest BCUT2D eigenvalue weighted by Gasteiger charge is -2.26. The van der Waals surface area contributed by atoms with Crippen molar-refractivity contribution < 1.29 is 19.5 Å². The summed E-state index contributed by atoms with van der Waals surface area (Å²) in [6, 6.07) is 6.94. The van der Waals surface area contributed by atoms with Gasteiger partial charge in [-0.2, -0.15) is 0 Å². The fourth-order valence-corrected chi connectivity index (χ4v) is 3.21. The third-order valence-electron chi connectivity index (χ3n) is 4.63. The largest absolute Gasteiger partial charge is 0.481 e. The predicted molar refractivity (Wildman–Crippen MR) is 89.3 cm³/mol. The predicted octanol–water partition coefficient (Wildman–Crippen LogP) is 1.88. The van der Waals surface area contributed by atoms with Crippen LogP contribution in [0, 0.1) is 12.8 Å². The number of aliphatic carboxylic acids is 1. The highest BCUT2D eigenvalue weighted by Gasteiger charge is 2.38. The van der Waals surface area contributed by atoms with Crippen LogP contribution in [0.25, 0.3) is 0 Å². The molecule has 2 rings (SSSR count). The highest BCUT2D eigenvalue weighted by molar-refractivity contribution is 5.81. The SMILES string of the molecule is CC(=O)NC(CC(=O)N1CCC(C(=O)O)C1C)c1ccc(C)cc1. The molecule has 3 unspecified atom stereocenters. The fourth-order valence-electron chi connectivity index (χ4n) is 3.21. The molecule has 0 bridgehead atoms. The van der Waals surface area contributed by atoms with Crippen molar-refractivity contribution in [2.75, 3.05) is 6.54 Å². The number of likely N-dealkylation sites (tertiary alicyclic amines) is 1. The van der Waals surface area contributed by atoms with E-state index in [2.05, 4.69) is 5.32 Å². The van der Waals surface area contributed by atoms with E-state index in [9.17, 15) is 19.5 Å². The van der Waals surface area contributed by atoms with Gasteiger partial charge in [-0.3, -0.25) is 14.4 Å². The molecule has 3 atom stereocenters. The third-order valence-corrected chi connectivity index (χ3v) is 4.63. The maximum absolute atomic E-state index is 12.6. The molecule has 6 nitrogen and oxygen atoms in total. The van der Waals surface area contributed by atoms with Crippen LogP contribution in [0.2, 0.25) is 0 Å². The van der Waals surface area contributed by atoms with E-state index in [1.165, 1.54) is 6.92 Å². The second kappa shape index (κ2) is 7.47. The molecular weight excluding hydrogens is 308 g/mol. The minimum Gasteiger partial charge on any atom is -0.481 e. The molecule has 1 aromatic rings. The number of carbonyl (C=O) groups is 3. The van der Waals surface area contributed by atoms with Crippen LogP contribution in [0.15, 0.2) is 24.3 Å². The normalized spacial score (nSPS) is 21.4. The average molecular weight is 332 g/mol. The number of hydrogen-bond donors (Lipinski definition) is 2. The summed E-state index contributed by atoms with van der Waals surface area (Å²) in [6.45, 7) is 5.60. The number of nitrogens with zero attached hydrogens (tertiary/aromatic N) is 1. The van der Waals surface area contributed by atoms with Crippen molar-refractivity contribution in [3.8, 4) is 0 Å². The van der Waals surface area contributed by atoms with Gasteiger partial charge in [0.25, 0.3) is 0 Å². The minimum atomic E-state index is -0.866. The molecule has 0 saturated carbocycles. The summed E-state index contributed by atoms with van der Waals surface area (Å²) in [5.41, 5.74) is 1.97. The molecule has 1 saturated heterocycles. The number of nitrogens with one attached hydrogen (secondary N) is 1. The number of benzene rings is 1. The Bertz CT molecular complexity index is 626. The Morgan fingerprint density at radius 1 is 1.29 bits per heavy atom. The summed E-state index contributed by atoms with van der Waals surface area (Å²) in [7, 11) is 0. The number of carboxylic acids is 1. The average Bonchev–Trinajstić information content (AvgIpc) is 2.88. The fraction of sp³-hybridized carbons (Fsp3) is 0.500. The summed E-state index contributed by atoms with van der Waals surface area (Å²) in [5, 5.41) is 12.0. The van der Waals surface area contributed by atoms with Gasteiger partial charge < -0.3 is 15.3 Å². The molecule has 0 aliphatic carbocycles. The lowest BCUT2D eigenvalue weighted by molar-refractivity contribution is -0.143. The topological polar surface area (TPSA) is 86.7 Å². The molecular formula is C18H24N2O4. The molecule has 1 aliphatic rings. The van der Waals surface area contributed by atoms with E-state index in [1.807, 2.05) is 31.2 Å². The Morgan fingerprint density at radius 2 is 1.92 bits per heavy atom. The number of aryl methyl sites for hydroxylation is 1. The highest BCUT2D eigenvalue weighted by Crippen LogP contribution is 2.27. The van der Waals surface area contributed by atoms with Gasteiger partial charge in [-0.15, -0.1) is 0 Å². The second-order valence-electron chi connectivity index (χ2n) is 6.43. The van der Waals surface area contributed by atoms with Crippen molar-refractivity contribution in [1.29, 1.82) is 0 Å². The molecule has 0 spiro atoms. The molecule has 1 heterocycles. The summed E-state index contributed by atoms with van der Waals surface area (Å²) < 4.78 is 0. The summed E-state index contributed by atoms with van der Waals surface area (Å²) in [5.74, 6) is -1.72. The summed E-state index contributed by atoms with van der Waals surface area (Å²) in [4.78, 5) is 36.9. The lowest BCUT2D eigenvalue weighted by atomic mass is 10.0. The molecule has 1 fully saturated rings. The van der Waals surface area contributed by atoms with Gasteiger partial charge in [-0.25, -0.2) is 0 Å². The lowest BCUT2D eigenvalue weighted by Crippen LogP contribution is -2.40. The third kappa shape index (κ3) is 4.13. The molecule has 1 aliphatic heterocycles. The van der Waals surface area contributed by atoms with Crippen molar-refractivity contribution in [2.24, 2.45) is 5.92 Å². The van der Waals surface area contributed by atoms with E-state index in [4.69, 9.17) is 0 Å². The smallest absolute Gasteiger partial charge is 0.308 e. The second-order valence-corrected chi connectivity index (χ2v) is 6.43. The van der Waals surface area contributed by atoms with Gasteiger partial charge in [0, 0.05) is 19.5 Å². The Kier molecular flexibility index (Phi) is 5.59. The zero-order valence-corrected chi connectivity index (χ0v) is 14.3. The Labute approximate surface area is 141 Å². The highest BCUT2D eigenvalue weighted by atomic mass is 16.4. The summed E-state index contributed by atoms with van der Waals surface area (Å²) >= 11 is 0. The molecule has 2 N–H and O–H groups in total. The van der Waals surface area contributed by atoms with Crippen LogP contribution in [0.1, 0.15) is 43.9 Å². The Balaban J connectivity index is 2.11. The van der Waals surface area contributed by atoms with Crippen LogP contribution in [0.5, 0.6) is 0 Å². The van der Waals surface area contributed by atoms with Crippen LogP contribution < -0.4 is 5.32 Å². The van der Waals surface area contributed by atoms with Crippen LogP contribution in [-0.4, -0.2) is 40.4 Å². The summed E-state index contributed by atoms with van der Waals surface area (Å²) in [6.07, 6.45) is 0.594. The van der Waals surface area contributed by atoms with Crippen molar-refractivity contribution in [3.63, 3.8) is 0 Å². The molecule has 130 valence electrons. The maximum atomic E-state index is 12.6. The molecule has 24 heavy (non-hydrogen) atoms. The first kappa shape index (κ1) is 18.0. The minimum absolute atomic E-state index is 0.124. The number of hydrogen-bond acceptors (Lipinski definition) is 3. The van der Waals surface area contributed by atoms with E-state index in [1.54, 1.807) is 11.8 Å². The van der Waals surface area contributed by atoms with Gasteiger partial charge >= 0.3 is 5.97 Å². The van der Waals surface area contributed by atoms with Gasteiger partial charge in [0.05, 0.1) is 18.4 Å². The van der Waals surface area contributed by atoms with Gasteiger partial charge in [-0.1, -0.05) is 29.8 Å².